The monoisotopic (exact) mass is 443 g/mol. The van der Waals surface area contributed by atoms with E-state index in [4.69, 9.17) is 14.5 Å². The molecule has 6 nitrogen and oxygen atoms in total. The Labute approximate surface area is 189 Å². The maximum Gasteiger partial charge on any atom is 0.233 e. The van der Waals surface area contributed by atoms with Gasteiger partial charge in [-0.1, -0.05) is 31.7 Å². The second-order valence-corrected chi connectivity index (χ2v) is 9.80. The van der Waals surface area contributed by atoms with Crippen molar-refractivity contribution in [3.63, 3.8) is 0 Å². The number of carbonyl (C=O) groups excluding carboxylic acids is 1. The molecule has 2 aliphatic rings. The second kappa shape index (κ2) is 9.55. The van der Waals surface area contributed by atoms with Gasteiger partial charge < -0.3 is 18.9 Å². The molecular weight excluding hydrogens is 410 g/mol. The lowest BCUT2D eigenvalue weighted by Crippen LogP contribution is -2.32. The molecule has 2 aromatic rings. The molecule has 3 heterocycles. The van der Waals surface area contributed by atoms with Crippen LogP contribution in [-0.4, -0.2) is 45.9 Å². The highest BCUT2D eigenvalue weighted by Gasteiger charge is 2.31. The average molecular weight is 444 g/mol. The molecule has 4 rings (SSSR count). The maximum atomic E-state index is 13.2. The molecule has 7 heteroatoms. The Bertz CT molecular complexity index is 940. The van der Waals surface area contributed by atoms with Crippen LogP contribution >= 0.6 is 11.8 Å². The van der Waals surface area contributed by atoms with Crippen molar-refractivity contribution in [2.24, 2.45) is 5.92 Å². The molecule has 0 N–H and O–H groups in total. The van der Waals surface area contributed by atoms with Gasteiger partial charge in [-0.2, -0.15) is 0 Å². The summed E-state index contributed by atoms with van der Waals surface area (Å²) in [5.41, 5.74) is 3.37. The molecule has 1 aromatic carbocycles. The van der Waals surface area contributed by atoms with Crippen molar-refractivity contribution in [1.82, 2.24) is 14.5 Å². The first kappa shape index (κ1) is 22.1. The molecule has 1 fully saturated rings. The molecule has 1 saturated heterocycles. The normalized spacial score (nSPS) is 18.5. The molecule has 0 radical (unpaired) electrons. The second-order valence-electron chi connectivity index (χ2n) is 8.86. The van der Waals surface area contributed by atoms with Crippen molar-refractivity contribution in [3.8, 4) is 11.5 Å². The van der Waals surface area contributed by atoms with Crippen molar-refractivity contribution in [3.05, 3.63) is 35.2 Å². The lowest BCUT2D eigenvalue weighted by molar-refractivity contribution is -0.129. The zero-order chi connectivity index (χ0) is 22.0. The van der Waals surface area contributed by atoms with E-state index in [1.165, 1.54) is 5.69 Å². The number of amides is 1. The van der Waals surface area contributed by atoms with Crippen LogP contribution in [0, 0.1) is 19.8 Å². The molecular formula is C24H33N3O3S. The molecule has 2 aliphatic heterocycles. The highest BCUT2D eigenvalue weighted by Crippen LogP contribution is 2.38. The number of thioether (sulfide) groups is 1. The number of fused-ring (bicyclic) bond motifs is 1. The van der Waals surface area contributed by atoms with Gasteiger partial charge in [0.2, 0.25) is 5.91 Å². The topological polar surface area (TPSA) is 56.6 Å². The quantitative estimate of drug-likeness (QED) is 0.602. The van der Waals surface area contributed by atoms with Gasteiger partial charge in [-0.15, -0.1) is 0 Å². The predicted molar refractivity (Wildman–Crippen MR) is 123 cm³/mol. The Kier molecular flexibility index (Phi) is 6.80. The third-order valence-electron chi connectivity index (χ3n) is 6.02. The summed E-state index contributed by atoms with van der Waals surface area (Å²) >= 11 is 1.56. The first-order valence-corrected chi connectivity index (χ1v) is 12.3. The van der Waals surface area contributed by atoms with Gasteiger partial charge in [0.1, 0.15) is 0 Å². The summed E-state index contributed by atoms with van der Waals surface area (Å²) in [6, 6.07) is 6.23. The third kappa shape index (κ3) is 4.86. The molecule has 168 valence electrons. The number of benzene rings is 1. The first-order chi connectivity index (χ1) is 14.9. The van der Waals surface area contributed by atoms with Gasteiger partial charge in [-0.05, 0) is 50.3 Å². The van der Waals surface area contributed by atoms with Crippen LogP contribution in [0.25, 0.3) is 0 Å². The standard InChI is InChI=1S/C24H33N3O3S/c1-16(2)14-27-18(4)17(3)25-24(27)31-15-23(28)26-10-5-7-20(26)19-8-9-21-22(13-19)30-12-6-11-29-21/h8-9,13,16,20H,5-7,10-12,14-15H2,1-4H3. The molecule has 1 amide bonds. The highest BCUT2D eigenvalue weighted by molar-refractivity contribution is 7.99. The van der Waals surface area contributed by atoms with Gasteiger partial charge in [0.05, 0.1) is 30.7 Å². The molecule has 0 saturated carbocycles. The summed E-state index contributed by atoms with van der Waals surface area (Å²) in [5, 5.41) is 0.948. The minimum atomic E-state index is 0.101. The van der Waals surface area contributed by atoms with E-state index in [1.807, 2.05) is 17.9 Å². The van der Waals surface area contributed by atoms with Crippen LogP contribution in [0.1, 0.15) is 56.1 Å². The Morgan fingerprint density at radius 2 is 1.97 bits per heavy atom. The Hall–Kier alpha value is -2.15. The summed E-state index contributed by atoms with van der Waals surface area (Å²) in [6.45, 7) is 11.6. The molecule has 0 spiro atoms. The first-order valence-electron chi connectivity index (χ1n) is 11.3. The molecule has 31 heavy (non-hydrogen) atoms. The zero-order valence-corrected chi connectivity index (χ0v) is 19.8. The van der Waals surface area contributed by atoms with E-state index in [1.54, 1.807) is 11.8 Å². The zero-order valence-electron chi connectivity index (χ0n) is 19.0. The van der Waals surface area contributed by atoms with Crippen molar-refractivity contribution >= 4 is 17.7 Å². The lowest BCUT2D eigenvalue weighted by Gasteiger charge is -2.25. The molecule has 1 atom stereocenters. The summed E-state index contributed by atoms with van der Waals surface area (Å²) in [6.07, 6.45) is 2.90. The largest absolute Gasteiger partial charge is 0.490 e. The number of imidazole rings is 1. The minimum absolute atomic E-state index is 0.101. The van der Waals surface area contributed by atoms with Gasteiger partial charge in [0.15, 0.2) is 16.7 Å². The van der Waals surface area contributed by atoms with Crippen LogP contribution in [0.2, 0.25) is 0 Å². The van der Waals surface area contributed by atoms with Gasteiger partial charge in [-0.3, -0.25) is 4.79 Å². The van der Waals surface area contributed by atoms with E-state index in [-0.39, 0.29) is 11.9 Å². The number of nitrogens with zero attached hydrogens (tertiary/aromatic N) is 3. The Balaban J connectivity index is 1.46. The SMILES string of the molecule is Cc1nc(SCC(=O)N2CCCC2c2ccc3c(c2)OCCCO3)n(CC(C)C)c1C. The fraction of sp³-hybridized carbons (Fsp3) is 0.583. The predicted octanol–water partition coefficient (Wildman–Crippen LogP) is 4.77. The number of hydrogen-bond donors (Lipinski definition) is 0. The van der Waals surface area contributed by atoms with Crippen molar-refractivity contribution in [2.75, 3.05) is 25.5 Å². The van der Waals surface area contributed by atoms with Crippen molar-refractivity contribution in [2.45, 2.75) is 64.7 Å². The lowest BCUT2D eigenvalue weighted by atomic mass is 10.0. The summed E-state index contributed by atoms with van der Waals surface area (Å²) in [5.74, 6) is 2.72. The van der Waals surface area contributed by atoms with Gasteiger partial charge in [0.25, 0.3) is 0 Å². The van der Waals surface area contributed by atoms with Crippen LogP contribution in [0.15, 0.2) is 23.4 Å². The van der Waals surface area contributed by atoms with Crippen LogP contribution < -0.4 is 9.47 Å². The van der Waals surface area contributed by atoms with Crippen LogP contribution in [0.5, 0.6) is 11.5 Å². The van der Waals surface area contributed by atoms with Crippen LogP contribution in [-0.2, 0) is 11.3 Å². The number of aryl methyl sites for hydroxylation is 1. The van der Waals surface area contributed by atoms with Gasteiger partial charge >= 0.3 is 0 Å². The molecule has 1 unspecified atom stereocenters. The van der Waals surface area contributed by atoms with E-state index in [2.05, 4.69) is 37.5 Å². The average Bonchev–Trinajstić information content (AvgIpc) is 3.24. The third-order valence-corrected chi connectivity index (χ3v) is 6.99. The summed E-state index contributed by atoms with van der Waals surface area (Å²) in [4.78, 5) is 19.9. The number of carbonyl (C=O) groups is 1. The van der Waals surface area contributed by atoms with E-state index in [0.717, 1.165) is 60.3 Å². The number of likely N-dealkylation sites (tertiary alicyclic amines) is 1. The number of aromatic nitrogens is 2. The van der Waals surface area contributed by atoms with E-state index in [0.29, 0.717) is 24.9 Å². The van der Waals surface area contributed by atoms with Crippen LogP contribution in [0.4, 0.5) is 0 Å². The van der Waals surface area contributed by atoms with E-state index < -0.39 is 0 Å². The highest BCUT2D eigenvalue weighted by atomic mass is 32.2. The Morgan fingerprint density at radius 1 is 1.19 bits per heavy atom. The van der Waals surface area contributed by atoms with Gasteiger partial charge in [0, 0.05) is 25.2 Å². The van der Waals surface area contributed by atoms with Crippen molar-refractivity contribution in [1.29, 1.82) is 0 Å². The van der Waals surface area contributed by atoms with E-state index in [9.17, 15) is 4.79 Å². The summed E-state index contributed by atoms with van der Waals surface area (Å²) in [7, 11) is 0. The fourth-order valence-electron chi connectivity index (χ4n) is 4.32. The van der Waals surface area contributed by atoms with Crippen molar-refractivity contribution < 1.29 is 14.3 Å². The molecule has 0 aliphatic carbocycles. The number of rotatable bonds is 6. The fourth-order valence-corrected chi connectivity index (χ4v) is 5.31. The summed E-state index contributed by atoms with van der Waals surface area (Å²) < 4.78 is 13.9. The number of ether oxygens (including phenoxy) is 2. The van der Waals surface area contributed by atoms with E-state index >= 15 is 0 Å². The minimum Gasteiger partial charge on any atom is -0.490 e. The van der Waals surface area contributed by atoms with Crippen LogP contribution in [0.3, 0.4) is 0 Å². The molecule has 1 aromatic heterocycles. The number of hydrogen-bond acceptors (Lipinski definition) is 5. The smallest absolute Gasteiger partial charge is 0.233 e. The maximum absolute atomic E-state index is 13.2. The Morgan fingerprint density at radius 3 is 2.74 bits per heavy atom. The van der Waals surface area contributed by atoms with Gasteiger partial charge in [-0.25, -0.2) is 4.98 Å². The molecule has 0 bridgehead atoms.